The third-order valence-corrected chi connectivity index (χ3v) is 6.66. The number of carbonyl (C=O) groups excluding carboxylic acids is 2. The van der Waals surface area contributed by atoms with Gasteiger partial charge in [0.15, 0.2) is 0 Å². The molecular formula is C26H27F2N3O6S. The number of nitro benzene ring substituents is 1. The lowest BCUT2D eigenvalue weighted by Gasteiger charge is -2.10. The minimum absolute atomic E-state index is 0.0377. The van der Waals surface area contributed by atoms with Gasteiger partial charge in [0.1, 0.15) is 16.6 Å². The van der Waals surface area contributed by atoms with Gasteiger partial charge in [-0.1, -0.05) is 13.0 Å². The molecule has 0 aliphatic rings. The van der Waals surface area contributed by atoms with Crippen molar-refractivity contribution in [3.8, 4) is 10.4 Å². The molecule has 0 saturated heterocycles. The fourth-order valence-corrected chi connectivity index (χ4v) is 4.87. The minimum atomic E-state index is -0.851. The Kier molecular flexibility index (Phi) is 10.3. The Morgan fingerprint density at radius 1 is 1.03 bits per heavy atom. The fourth-order valence-electron chi connectivity index (χ4n) is 3.67. The number of thiophene rings is 1. The van der Waals surface area contributed by atoms with Gasteiger partial charge in [-0.15, -0.1) is 11.3 Å². The van der Waals surface area contributed by atoms with E-state index in [-0.39, 0.29) is 54.4 Å². The van der Waals surface area contributed by atoms with Crippen LogP contribution >= 0.6 is 11.3 Å². The molecule has 9 nitrogen and oxygen atoms in total. The van der Waals surface area contributed by atoms with Crippen LogP contribution in [0.25, 0.3) is 10.4 Å². The molecule has 3 rings (SSSR count). The van der Waals surface area contributed by atoms with E-state index in [0.717, 1.165) is 23.5 Å². The molecule has 1 heterocycles. The summed E-state index contributed by atoms with van der Waals surface area (Å²) in [6, 6.07) is 9.44. The average Bonchev–Trinajstić information content (AvgIpc) is 3.24. The second-order valence-corrected chi connectivity index (χ2v) is 9.00. The normalized spacial score (nSPS) is 10.7. The molecular weight excluding hydrogens is 520 g/mol. The van der Waals surface area contributed by atoms with Gasteiger partial charge < -0.3 is 14.8 Å². The van der Waals surface area contributed by atoms with Crippen LogP contribution in [0.1, 0.15) is 41.8 Å². The highest BCUT2D eigenvalue weighted by Gasteiger charge is 2.27. The number of nitro groups is 1. The van der Waals surface area contributed by atoms with E-state index in [0.29, 0.717) is 22.5 Å². The maximum absolute atomic E-state index is 13.8. The van der Waals surface area contributed by atoms with E-state index in [4.69, 9.17) is 9.47 Å². The quantitative estimate of drug-likeness (QED) is 0.122. The molecule has 38 heavy (non-hydrogen) atoms. The number of rotatable bonds is 12. The molecule has 0 fully saturated rings. The van der Waals surface area contributed by atoms with Gasteiger partial charge >= 0.3 is 12.1 Å². The number of hydrogen-bond acceptors (Lipinski definition) is 8. The fraction of sp³-hybridized carbons (Fsp3) is 0.308. The number of esters is 1. The minimum Gasteiger partial charge on any atom is -0.462 e. The molecule has 0 aliphatic heterocycles. The molecule has 2 aromatic carbocycles. The number of anilines is 1. The molecule has 12 heteroatoms. The lowest BCUT2D eigenvalue weighted by molar-refractivity contribution is -0.384. The highest BCUT2D eigenvalue weighted by atomic mass is 32.1. The summed E-state index contributed by atoms with van der Waals surface area (Å²) in [7, 11) is 0. The maximum Gasteiger partial charge on any atom is 0.412 e. The number of carbonyl (C=O) groups is 2. The first-order chi connectivity index (χ1) is 18.3. The molecule has 0 atom stereocenters. The monoisotopic (exact) mass is 547 g/mol. The molecule has 2 N–H and O–H groups in total. The van der Waals surface area contributed by atoms with Crippen molar-refractivity contribution < 1.29 is 32.8 Å². The first-order valence-electron chi connectivity index (χ1n) is 11.9. The summed E-state index contributed by atoms with van der Waals surface area (Å²) in [5.41, 5.74) is 1.17. The van der Waals surface area contributed by atoms with E-state index >= 15 is 0 Å². The van der Waals surface area contributed by atoms with Gasteiger partial charge in [-0.2, -0.15) is 0 Å². The van der Waals surface area contributed by atoms with E-state index in [1.165, 1.54) is 18.2 Å². The number of ether oxygens (including phenoxy) is 2. The SMILES string of the molecule is CCNCc1c(-c2ccc([N+](=O)[O-])cc2)sc(NC(=O)OCCCc2c(F)cccc2F)c1C(=O)OCC. The molecule has 1 amide bonds. The lowest BCUT2D eigenvalue weighted by Crippen LogP contribution is -2.19. The molecule has 0 radical (unpaired) electrons. The summed E-state index contributed by atoms with van der Waals surface area (Å²) < 4.78 is 38.0. The Balaban J connectivity index is 1.82. The Morgan fingerprint density at radius 3 is 2.32 bits per heavy atom. The summed E-state index contributed by atoms with van der Waals surface area (Å²) >= 11 is 1.10. The molecule has 0 spiro atoms. The van der Waals surface area contributed by atoms with Crippen molar-refractivity contribution in [2.24, 2.45) is 0 Å². The van der Waals surface area contributed by atoms with Crippen LogP contribution in [0.3, 0.4) is 0 Å². The average molecular weight is 548 g/mol. The van der Waals surface area contributed by atoms with Gasteiger partial charge in [0, 0.05) is 34.7 Å². The standard InChI is InChI=1S/C26H27F2N3O6S/c1-3-29-15-19-22(25(32)36-4-2)24(38-23(19)16-10-12-17(13-11-16)31(34)35)30-26(33)37-14-6-7-18-20(27)8-5-9-21(18)28/h5,8-13,29H,3-4,6-7,14-15H2,1-2H3,(H,30,33). The van der Waals surface area contributed by atoms with Crippen molar-refractivity contribution in [2.75, 3.05) is 25.1 Å². The first-order valence-corrected chi connectivity index (χ1v) is 12.7. The number of nitrogens with one attached hydrogen (secondary N) is 2. The highest BCUT2D eigenvalue weighted by Crippen LogP contribution is 2.41. The van der Waals surface area contributed by atoms with Crippen molar-refractivity contribution in [3.63, 3.8) is 0 Å². The molecule has 0 unspecified atom stereocenters. The Labute approximate surface area is 221 Å². The van der Waals surface area contributed by atoms with Gasteiger partial charge in [0.2, 0.25) is 0 Å². The van der Waals surface area contributed by atoms with Crippen molar-refractivity contribution >= 4 is 34.1 Å². The van der Waals surface area contributed by atoms with Gasteiger partial charge in [0.25, 0.3) is 5.69 Å². The molecule has 1 aromatic heterocycles. The Hall–Kier alpha value is -3.90. The van der Waals surface area contributed by atoms with Crippen LogP contribution in [-0.4, -0.2) is 36.7 Å². The predicted octanol–water partition coefficient (Wildman–Crippen LogP) is 6.07. The lowest BCUT2D eigenvalue weighted by atomic mass is 10.0. The van der Waals surface area contributed by atoms with Crippen LogP contribution in [-0.2, 0) is 22.4 Å². The van der Waals surface area contributed by atoms with Crippen LogP contribution in [0, 0.1) is 21.7 Å². The Morgan fingerprint density at radius 2 is 1.71 bits per heavy atom. The first kappa shape index (κ1) is 28.7. The largest absolute Gasteiger partial charge is 0.462 e. The molecule has 0 saturated carbocycles. The zero-order chi connectivity index (χ0) is 27.7. The van der Waals surface area contributed by atoms with E-state index in [2.05, 4.69) is 10.6 Å². The van der Waals surface area contributed by atoms with E-state index < -0.39 is 28.6 Å². The van der Waals surface area contributed by atoms with Crippen molar-refractivity contribution in [1.82, 2.24) is 5.32 Å². The number of nitrogens with zero attached hydrogens (tertiary/aromatic N) is 1. The summed E-state index contributed by atoms with van der Waals surface area (Å²) in [5, 5.41) is 17.0. The van der Waals surface area contributed by atoms with Crippen molar-refractivity contribution in [2.45, 2.75) is 33.2 Å². The number of non-ortho nitro benzene ring substituents is 1. The summed E-state index contributed by atoms with van der Waals surface area (Å²) in [5.74, 6) is -1.98. The topological polar surface area (TPSA) is 120 Å². The van der Waals surface area contributed by atoms with Crippen LogP contribution < -0.4 is 10.6 Å². The van der Waals surface area contributed by atoms with Gasteiger partial charge in [0.05, 0.1) is 23.7 Å². The van der Waals surface area contributed by atoms with Gasteiger partial charge in [-0.05, 0) is 56.1 Å². The van der Waals surface area contributed by atoms with Crippen LogP contribution in [0.5, 0.6) is 0 Å². The number of amides is 1. The van der Waals surface area contributed by atoms with E-state index in [1.807, 2.05) is 6.92 Å². The third-order valence-electron chi connectivity index (χ3n) is 5.46. The molecule has 0 aliphatic carbocycles. The van der Waals surface area contributed by atoms with E-state index in [9.17, 15) is 28.5 Å². The summed E-state index contributed by atoms with van der Waals surface area (Å²) in [4.78, 5) is 36.6. The second kappa shape index (κ2) is 13.6. The van der Waals surface area contributed by atoms with E-state index in [1.54, 1.807) is 19.1 Å². The zero-order valence-electron chi connectivity index (χ0n) is 20.8. The van der Waals surface area contributed by atoms with Gasteiger partial charge in [-0.3, -0.25) is 15.4 Å². The molecule has 0 bridgehead atoms. The summed E-state index contributed by atoms with van der Waals surface area (Å²) in [6.45, 7) is 4.43. The number of benzene rings is 2. The van der Waals surface area contributed by atoms with Crippen LogP contribution in [0.4, 0.5) is 24.3 Å². The number of hydrogen-bond donors (Lipinski definition) is 2. The second-order valence-electron chi connectivity index (χ2n) is 7.98. The zero-order valence-corrected chi connectivity index (χ0v) is 21.7. The van der Waals surface area contributed by atoms with Crippen LogP contribution in [0.2, 0.25) is 0 Å². The van der Waals surface area contributed by atoms with Gasteiger partial charge in [-0.25, -0.2) is 18.4 Å². The molecule has 3 aromatic rings. The third kappa shape index (κ3) is 7.11. The van der Waals surface area contributed by atoms with Crippen molar-refractivity contribution in [3.05, 3.63) is 80.9 Å². The van der Waals surface area contributed by atoms with Crippen molar-refractivity contribution in [1.29, 1.82) is 0 Å². The van der Waals surface area contributed by atoms with Crippen LogP contribution in [0.15, 0.2) is 42.5 Å². The smallest absolute Gasteiger partial charge is 0.412 e. The number of halogens is 2. The molecule has 202 valence electrons. The Bertz CT molecular complexity index is 1280. The highest BCUT2D eigenvalue weighted by molar-refractivity contribution is 7.20. The predicted molar refractivity (Wildman–Crippen MR) is 139 cm³/mol. The summed E-state index contributed by atoms with van der Waals surface area (Å²) in [6.07, 6.45) is -0.632. The maximum atomic E-state index is 13.8.